The molecule has 0 aromatic rings. The molecule has 0 aromatic heterocycles. The van der Waals surface area contributed by atoms with Crippen molar-refractivity contribution in [3.8, 4) is 0 Å². The molecule has 1 saturated heterocycles. The number of hydrogen-bond donors (Lipinski definition) is 0. The average Bonchev–Trinajstić information content (AvgIpc) is 2.15. The number of hydrogen-bond acceptors (Lipinski definition) is 4. The summed E-state index contributed by atoms with van der Waals surface area (Å²) in [5.74, 6) is 1.84. The Bertz CT molecular complexity index is 164. The number of rotatable bonds is 4. The van der Waals surface area contributed by atoms with E-state index in [0.717, 1.165) is 11.5 Å². The molecular weight excluding hydrogens is 188 g/mol. The second kappa shape index (κ2) is 5.62. The molecular formula is C9H16O3S. The molecule has 3 nitrogen and oxygen atoms in total. The number of ether oxygens (including phenoxy) is 2. The number of carbonyl (C=O) groups excluding carboxylic acids is 1. The van der Waals surface area contributed by atoms with E-state index in [-0.39, 0.29) is 24.6 Å². The van der Waals surface area contributed by atoms with Gasteiger partial charge in [0.15, 0.2) is 5.78 Å². The van der Waals surface area contributed by atoms with Gasteiger partial charge in [-0.15, -0.1) is 0 Å². The highest BCUT2D eigenvalue weighted by molar-refractivity contribution is 7.99. The molecule has 0 saturated carbocycles. The van der Waals surface area contributed by atoms with Gasteiger partial charge in [0.2, 0.25) is 0 Å². The van der Waals surface area contributed by atoms with E-state index >= 15 is 0 Å². The molecule has 76 valence electrons. The Hall–Kier alpha value is -0.0600. The van der Waals surface area contributed by atoms with E-state index in [2.05, 4.69) is 0 Å². The summed E-state index contributed by atoms with van der Waals surface area (Å²) in [6.45, 7) is 4.71. The summed E-state index contributed by atoms with van der Waals surface area (Å²) in [5, 5.41) is 0. The molecule has 1 fully saturated rings. The van der Waals surface area contributed by atoms with Crippen molar-refractivity contribution in [1.82, 2.24) is 0 Å². The maximum Gasteiger partial charge on any atom is 0.187 e. The first-order valence-electron chi connectivity index (χ1n) is 4.54. The second-order valence-corrected chi connectivity index (χ2v) is 4.41. The summed E-state index contributed by atoms with van der Waals surface area (Å²) >= 11 is 1.76. The van der Waals surface area contributed by atoms with Crippen molar-refractivity contribution >= 4 is 17.5 Å². The minimum Gasteiger partial charge on any atom is -0.371 e. The largest absolute Gasteiger partial charge is 0.371 e. The van der Waals surface area contributed by atoms with Crippen LogP contribution in [0.4, 0.5) is 0 Å². The first-order valence-corrected chi connectivity index (χ1v) is 5.69. The van der Waals surface area contributed by atoms with Gasteiger partial charge < -0.3 is 9.47 Å². The van der Waals surface area contributed by atoms with Gasteiger partial charge in [0.25, 0.3) is 0 Å². The van der Waals surface area contributed by atoms with Crippen molar-refractivity contribution in [3.63, 3.8) is 0 Å². The summed E-state index contributed by atoms with van der Waals surface area (Å²) in [6, 6.07) is 0. The molecule has 0 spiro atoms. The summed E-state index contributed by atoms with van der Waals surface area (Å²) in [4.78, 5) is 11.4. The highest BCUT2D eigenvalue weighted by atomic mass is 32.2. The van der Waals surface area contributed by atoms with Crippen molar-refractivity contribution in [2.24, 2.45) is 0 Å². The minimum atomic E-state index is -0.238. The van der Waals surface area contributed by atoms with Gasteiger partial charge in [0.1, 0.15) is 12.7 Å². The molecule has 1 heterocycles. The lowest BCUT2D eigenvalue weighted by Gasteiger charge is -2.21. The molecule has 1 aliphatic heterocycles. The van der Waals surface area contributed by atoms with E-state index in [1.807, 2.05) is 13.8 Å². The zero-order valence-corrected chi connectivity index (χ0v) is 8.93. The number of ketones is 1. The zero-order valence-electron chi connectivity index (χ0n) is 8.12. The molecule has 1 rings (SSSR count). The van der Waals surface area contributed by atoms with Crippen LogP contribution in [-0.2, 0) is 14.3 Å². The Balaban J connectivity index is 2.21. The van der Waals surface area contributed by atoms with Crippen molar-refractivity contribution in [2.45, 2.75) is 26.1 Å². The first-order chi connectivity index (χ1) is 6.20. The monoisotopic (exact) mass is 204 g/mol. The van der Waals surface area contributed by atoms with Crippen LogP contribution >= 0.6 is 11.8 Å². The Kier molecular flexibility index (Phi) is 4.77. The molecule has 0 aromatic carbocycles. The van der Waals surface area contributed by atoms with E-state index in [9.17, 15) is 4.79 Å². The summed E-state index contributed by atoms with van der Waals surface area (Å²) in [5.41, 5.74) is 0. The van der Waals surface area contributed by atoms with Crippen molar-refractivity contribution in [2.75, 3.05) is 24.7 Å². The van der Waals surface area contributed by atoms with Crippen LogP contribution in [0.3, 0.4) is 0 Å². The van der Waals surface area contributed by atoms with Crippen LogP contribution in [0.2, 0.25) is 0 Å². The van der Waals surface area contributed by atoms with Gasteiger partial charge >= 0.3 is 0 Å². The van der Waals surface area contributed by atoms with Crippen molar-refractivity contribution < 1.29 is 14.3 Å². The van der Waals surface area contributed by atoms with Gasteiger partial charge in [0.05, 0.1) is 12.7 Å². The Labute approximate surface area is 83.2 Å². The highest BCUT2D eigenvalue weighted by Crippen LogP contribution is 2.13. The quantitative estimate of drug-likeness (QED) is 0.687. The third-order valence-corrected chi connectivity index (χ3v) is 2.73. The van der Waals surface area contributed by atoms with Gasteiger partial charge in [-0.05, 0) is 13.8 Å². The molecule has 4 heteroatoms. The van der Waals surface area contributed by atoms with Gasteiger partial charge in [-0.25, -0.2) is 0 Å². The molecule has 0 bridgehead atoms. The van der Waals surface area contributed by atoms with Gasteiger partial charge in [-0.2, -0.15) is 11.8 Å². The summed E-state index contributed by atoms with van der Waals surface area (Å²) in [7, 11) is 0. The van der Waals surface area contributed by atoms with Crippen LogP contribution in [-0.4, -0.2) is 42.7 Å². The predicted octanol–water partition coefficient (Wildman–Crippen LogP) is 1.11. The maximum atomic E-state index is 11.4. The molecule has 0 amide bonds. The van der Waals surface area contributed by atoms with E-state index < -0.39 is 0 Å². The van der Waals surface area contributed by atoms with Gasteiger partial charge in [-0.1, -0.05) is 0 Å². The van der Waals surface area contributed by atoms with Crippen LogP contribution in [0.5, 0.6) is 0 Å². The molecule has 0 N–H and O–H groups in total. The fourth-order valence-electron chi connectivity index (χ4n) is 1.02. The lowest BCUT2D eigenvalue weighted by molar-refractivity contribution is -0.135. The van der Waals surface area contributed by atoms with E-state index in [1.165, 1.54) is 0 Å². The standard InChI is InChI=1S/C9H16O3S/c1-7(2)12-5-8(10)9-6-13-4-3-11-9/h7,9H,3-6H2,1-2H3. The van der Waals surface area contributed by atoms with Crippen LogP contribution in [0.25, 0.3) is 0 Å². The third-order valence-electron chi connectivity index (χ3n) is 1.73. The second-order valence-electron chi connectivity index (χ2n) is 3.26. The van der Waals surface area contributed by atoms with E-state index in [0.29, 0.717) is 6.61 Å². The number of carbonyl (C=O) groups is 1. The van der Waals surface area contributed by atoms with Crippen LogP contribution in [0.15, 0.2) is 0 Å². The molecule has 1 atom stereocenters. The van der Waals surface area contributed by atoms with Crippen LogP contribution in [0.1, 0.15) is 13.8 Å². The third kappa shape index (κ3) is 4.11. The lowest BCUT2D eigenvalue weighted by atomic mass is 10.2. The highest BCUT2D eigenvalue weighted by Gasteiger charge is 2.22. The van der Waals surface area contributed by atoms with Crippen molar-refractivity contribution in [1.29, 1.82) is 0 Å². The first kappa shape index (κ1) is 11.0. The molecule has 0 radical (unpaired) electrons. The van der Waals surface area contributed by atoms with E-state index in [4.69, 9.17) is 9.47 Å². The van der Waals surface area contributed by atoms with Crippen molar-refractivity contribution in [3.05, 3.63) is 0 Å². The average molecular weight is 204 g/mol. The van der Waals surface area contributed by atoms with Crippen LogP contribution < -0.4 is 0 Å². The van der Waals surface area contributed by atoms with E-state index in [1.54, 1.807) is 11.8 Å². The molecule has 1 unspecified atom stereocenters. The Morgan fingerprint density at radius 2 is 2.46 bits per heavy atom. The van der Waals surface area contributed by atoms with Gasteiger partial charge in [0, 0.05) is 11.5 Å². The smallest absolute Gasteiger partial charge is 0.187 e. The summed E-state index contributed by atoms with van der Waals surface area (Å²) < 4.78 is 10.5. The van der Waals surface area contributed by atoms with Crippen LogP contribution in [0, 0.1) is 0 Å². The molecule has 13 heavy (non-hydrogen) atoms. The maximum absolute atomic E-state index is 11.4. The lowest BCUT2D eigenvalue weighted by Crippen LogP contribution is -2.34. The predicted molar refractivity (Wildman–Crippen MR) is 53.2 cm³/mol. The normalized spacial score (nSPS) is 23.5. The minimum absolute atomic E-state index is 0.0703. The zero-order chi connectivity index (χ0) is 9.68. The molecule has 1 aliphatic rings. The number of Topliss-reactive ketones (excluding diaryl/α,β-unsaturated/α-hetero) is 1. The SMILES string of the molecule is CC(C)OCC(=O)C1CSCCO1. The van der Waals surface area contributed by atoms with Gasteiger partial charge in [-0.3, -0.25) is 4.79 Å². The number of thioether (sulfide) groups is 1. The fourth-order valence-corrected chi connectivity index (χ4v) is 1.89. The Morgan fingerprint density at radius 1 is 1.69 bits per heavy atom. The fraction of sp³-hybridized carbons (Fsp3) is 0.889. The Morgan fingerprint density at radius 3 is 3.00 bits per heavy atom. The molecule has 0 aliphatic carbocycles. The topological polar surface area (TPSA) is 35.5 Å². The summed E-state index contributed by atoms with van der Waals surface area (Å²) in [6.07, 6.45) is -0.127.